The zero-order chi connectivity index (χ0) is 9.10. The Kier molecular flexibility index (Phi) is 2.52. The lowest BCUT2D eigenvalue weighted by Gasteiger charge is -1.97. The van der Waals surface area contributed by atoms with Crippen molar-refractivity contribution < 1.29 is 0 Å². The average Bonchev–Trinajstić information content (AvgIpc) is 2.57. The second-order valence-electron chi connectivity index (χ2n) is 2.46. The largest absolute Gasteiger partial charge is 0.399 e. The Morgan fingerprint density at radius 1 is 1.38 bits per heavy atom. The first kappa shape index (κ1) is 8.59. The lowest BCUT2D eigenvalue weighted by molar-refractivity contribution is 1.14. The maximum absolute atomic E-state index is 5.64. The van der Waals surface area contributed by atoms with Crippen LogP contribution in [-0.4, -0.2) is 4.98 Å². The lowest BCUT2D eigenvalue weighted by Crippen LogP contribution is -1.85. The van der Waals surface area contributed by atoms with Gasteiger partial charge in [0.2, 0.25) is 0 Å². The molecule has 0 fully saturated rings. The van der Waals surface area contributed by atoms with E-state index in [2.05, 4.69) is 16.4 Å². The van der Waals surface area contributed by atoms with Crippen LogP contribution in [0.25, 0.3) is 0 Å². The van der Waals surface area contributed by atoms with Crippen molar-refractivity contribution in [1.29, 1.82) is 0 Å². The summed E-state index contributed by atoms with van der Waals surface area (Å²) < 4.78 is 1.23. The monoisotopic (exact) mass is 208 g/mol. The number of hydrogen-bond donors (Lipinski definition) is 1. The molecular weight excluding hydrogens is 200 g/mol. The van der Waals surface area contributed by atoms with Crippen LogP contribution in [-0.2, 0) is 0 Å². The molecule has 2 nitrogen and oxygen atoms in total. The Hall–Kier alpha value is -1.00. The SMILES string of the molecule is Nc1ccnc(Sc2cccs2)c1. The second kappa shape index (κ2) is 3.81. The number of rotatable bonds is 2. The second-order valence-corrected chi connectivity index (χ2v) is 4.73. The summed E-state index contributed by atoms with van der Waals surface area (Å²) in [4.78, 5) is 4.20. The van der Waals surface area contributed by atoms with Gasteiger partial charge in [-0.05, 0) is 23.6 Å². The third kappa shape index (κ3) is 2.23. The number of thiophene rings is 1. The highest BCUT2D eigenvalue weighted by molar-refractivity contribution is 8.01. The van der Waals surface area contributed by atoms with Gasteiger partial charge in [0, 0.05) is 11.9 Å². The van der Waals surface area contributed by atoms with Gasteiger partial charge in [0.05, 0.1) is 4.21 Å². The maximum Gasteiger partial charge on any atom is 0.104 e. The molecule has 2 heterocycles. The van der Waals surface area contributed by atoms with Crippen LogP contribution < -0.4 is 5.73 Å². The molecule has 0 spiro atoms. The van der Waals surface area contributed by atoms with Gasteiger partial charge in [-0.15, -0.1) is 11.3 Å². The first-order valence-corrected chi connectivity index (χ1v) is 5.47. The summed E-state index contributed by atoms with van der Waals surface area (Å²) in [5.41, 5.74) is 6.40. The molecule has 2 N–H and O–H groups in total. The van der Waals surface area contributed by atoms with Gasteiger partial charge < -0.3 is 5.73 Å². The van der Waals surface area contributed by atoms with Crippen molar-refractivity contribution in [2.75, 3.05) is 5.73 Å². The van der Waals surface area contributed by atoms with Crippen LogP contribution in [0.4, 0.5) is 5.69 Å². The Balaban J connectivity index is 2.19. The molecule has 0 aromatic carbocycles. The van der Waals surface area contributed by atoms with Gasteiger partial charge in [0.1, 0.15) is 5.03 Å². The van der Waals surface area contributed by atoms with E-state index in [1.165, 1.54) is 4.21 Å². The fraction of sp³-hybridized carbons (Fsp3) is 0. The molecule has 4 heteroatoms. The number of hydrogen-bond acceptors (Lipinski definition) is 4. The topological polar surface area (TPSA) is 38.9 Å². The van der Waals surface area contributed by atoms with Crippen LogP contribution in [0, 0.1) is 0 Å². The number of nitrogens with two attached hydrogens (primary N) is 1. The summed E-state index contributed by atoms with van der Waals surface area (Å²) in [6, 6.07) is 7.77. The molecule has 0 aliphatic carbocycles. The summed E-state index contributed by atoms with van der Waals surface area (Å²) in [6.07, 6.45) is 1.73. The van der Waals surface area contributed by atoms with Crippen LogP contribution >= 0.6 is 23.1 Å². The third-order valence-corrected chi connectivity index (χ3v) is 3.43. The van der Waals surface area contributed by atoms with Gasteiger partial charge in [-0.25, -0.2) is 4.98 Å². The number of pyridine rings is 1. The molecular formula is C9H8N2S2. The Morgan fingerprint density at radius 2 is 2.31 bits per heavy atom. The van der Waals surface area contributed by atoms with Crippen LogP contribution in [0.3, 0.4) is 0 Å². The highest BCUT2D eigenvalue weighted by Crippen LogP contribution is 2.30. The molecule has 2 aromatic heterocycles. The van der Waals surface area contributed by atoms with E-state index >= 15 is 0 Å². The van der Waals surface area contributed by atoms with Crippen molar-refractivity contribution in [2.24, 2.45) is 0 Å². The van der Waals surface area contributed by atoms with Gasteiger partial charge in [0.25, 0.3) is 0 Å². The standard InChI is InChI=1S/C9H8N2S2/c10-7-3-4-11-8(6-7)13-9-2-1-5-12-9/h1-6H,(H2,10,11). The van der Waals surface area contributed by atoms with E-state index in [0.717, 1.165) is 10.7 Å². The zero-order valence-electron chi connectivity index (χ0n) is 6.81. The highest BCUT2D eigenvalue weighted by Gasteiger charge is 1.98. The Morgan fingerprint density at radius 3 is 3.00 bits per heavy atom. The van der Waals surface area contributed by atoms with Crippen molar-refractivity contribution in [2.45, 2.75) is 9.24 Å². The van der Waals surface area contributed by atoms with Gasteiger partial charge >= 0.3 is 0 Å². The molecule has 0 aliphatic heterocycles. The van der Waals surface area contributed by atoms with E-state index in [1.807, 2.05) is 12.1 Å². The first-order chi connectivity index (χ1) is 6.34. The van der Waals surface area contributed by atoms with E-state index in [4.69, 9.17) is 5.73 Å². The number of anilines is 1. The molecule has 0 aliphatic rings. The minimum atomic E-state index is 0.758. The van der Waals surface area contributed by atoms with Gasteiger partial charge in [-0.1, -0.05) is 17.8 Å². The van der Waals surface area contributed by atoms with Gasteiger partial charge in [0.15, 0.2) is 0 Å². The van der Waals surface area contributed by atoms with Crippen molar-refractivity contribution in [3.63, 3.8) is 0 Å². The molecule has 0 saturated carbocycles. The summed E-state index contributed by atoms with van der Waals surface area (Å²) in [7, 11) is 0. The number of aromatic nitrogens is 1. The Labute approximate surface area is 84.8 Å². The zero-order valence-corrected chi connectivity index (χ0v) is 8.44. The van der Waals surface area contributed by atoms with Crippen molar-refractivity contribution >= 4 is 28.8 Å². The molecule has 0 atom stereocenters. The van der Waals surface area contributed by atoms with Crippen molar-refractivity contribution in [1.82, 2.24) is 4.98 Å². The molecule has 0 unspecified atom stereocenters. The molecule has 0 amide bonds. The fourth-order valence-corrected chi connectivity index (χ4v) is 2.63. The summed E-state index contributed by atoms with van der Waals surface area (Å²) >= 11 is 3.34. The lowest BCUT2D eigenvalue weighted by atomic mass is 10.4. The predicted molar refractivity (Wildman–Crippen MR) is 57.1 cm³/mol. The van der Waals surface area contributed by atoms with Crippen molar-refractivity contribution in [3.8, 4) is 0 Å². The number of nitrogens with zero attached hydrogens (tertiary/aromatic N) is 1. The first-order valence-electron chi connectivity index (χ1n) is 3.77. The van der Waals surface area contributed by atoms with E-state index in [1.54, 1.807) is 35.4 Å². The minimum absolute atomic E-state index is 0.758. The predicted octanol–water partition coefficient (Wildman–Crippen LogP) is 2.88. The van der Waals surface area contributed by atoms with Crippen LogP contribution in [0.1, 0.15) is 0 Å². The summed E-state index contributed by atoms with van der Waals surface area (Å²) in [5.74, 6) is 0. The molecule has 0 radical (unpaired) electrons. The van der Waals surface area contributed by atoms with Crippen LogP contribution in [0.15, 0.2) is 45.1 Å². The fourth-order valence-electron chi connectivity index (χ4n) is 0.905. The van der Waals surface area contributed by atoms with E-state index in [-0.39, 0.29) is 0 Å². The molecule has 0 bridgehead atoms. The molecule has 2 aromatic rings. The normalized spacial score (nSPS) is 10.2. The van der Waals surface area contributed by atoms with Gasteiger partial charge in [-0.2, -0.15) is 0 Å². The molecule has 0 saturated heterocycles. The summed E-state index contributed by atoms with van der Waals surface area (Å²) in [5, 5.41) is 3.00. The molecule has 66 valence electrons. The van der Waals surface area contributed by atoms with Crippen LogP contribution in [0.2, 0.25) is 0 Å². The number of nitrogen functional groups attached to an aromatic ring is 1. The van der Waals surface area contributed by atoms with Crippen LogP contribution in [0.5, 0.6) is 0 Å². The minimum Gasteiger partial charge on any atom is -0.399 e. The van der Waals surface area contributed by atoms with Crippen molar-refractivity contribution in [3.05, 3.63) is 35.8 Å². The highest BCUT2D eigenvalue weighted by atomic mass is 32.2. The summed E-state index contributed by atoms with van der Waals surface area (Å²) in [6.45, 7) is 0. The molecule has 13 heavy (non-hydrogen) atoms. The Bertz CT molecular complexity index is 384. The quantitative estimate of drug-likeness (QED) is 0.824. The smallest absolute Gasteiger partial charge is 0.104 e. The maximum atomic E-state index is 5.64. The molecule has 2 rings (SSSR count). The average molecular weight is 208 g/mol. The van der Waals surface area contributed by atoms with E-state index < -0.39 is 0 Å². The third-order valence-electron chi connectivity index (χ3n) is 1.46. The van der Waals surface area contributed by atoms with Gasteiger partial charge in [-0.3, -0.25) is 0 Å². The van der Waals surface area contributed by atoms with E-state index in [0.29, 0.717) is 0 Å². The van der Waals surface area contributed by atoms with E-state index in [9.17, 15) is 0 Å².